The van der Waals surface area contributed by atoms with E-state index >= 15 is 0 Å². The lowest BCUT2D eigenvalue weighted by Gasteiger charge is -2.19. The Kier molecular flexibility index (Phi) is 4.88. The van der Waals surface area contributed by atoms with Crippen molar-refractivity contribution in [3.63, 3.8) is 0 Å². The summed E-state index contributed by atoms with van der Waals surface area (Å²) < 4.78 is 0. The zero-order valence-electron chi connectivity index (χ0n) is 11.9. The van der Waals surface area contributed by atoms with Crippen LogP contribution in [-0.4, -0.2) is 53.4 Å². The second-order valence-corrected chi connectivity index (χ2v) is 5.53. The van der Waals surface area contributed by atoms with E-state index in [0.29, 0.717) is 6.42 Å². The van der Waals surface area contributed by atoms with Gasteiger partial charge in [0.2, 0.25) is 11.8 Å². The topological polar surface area (TPSA) is 79.0 Å². The Hall–Kier alpha value is -1.63. The molecule has 1 rings (SSSR count). The van der Waals surface area contributed by atoms with Crippen molar-refractivity contribution in [2.24, 2.45) is 0 Å². The monoisotopic (exact) mass is 271 g/mol. The second-order valence-electron chi connectivity index (χ2n) is 5.53. The molecule has 7 nitrogen and oxygen atoms in total. The number of hydroxylamine groups is 1. The second kappa shape index (κ2) is 6.01. The summed E-state index contributed by atoms with van der Waals surface area (Å²) >= 11 is 0. The molecule has 1 saturated heterocycles. The van der Waals surface area contributed by atoms with Gasteiger partial charge >= 0.3 is 6.03 Å². The molecule has 1 N–H and O–H groups in total. The highest BCUT2D eigenvalue weighted by molar-refractivity contribution is 6.01. The maximum atomic E-state index is 11.6. The maximum Gasteiger partial charge on any atom is 0.326 e. The lowest BCUT2D eigenvalue weighted by atomic mass is 10.2. The summed E-state index contributed by atoms with van der Waals surface area (Å²) in [7, 11) is 1.57. The molecule has 1 aliphatic rings. The smallest absolute Gasteiger partial charge is 0.318 e. The third-order valence-electron chi connectivity index (χ3n) is 2.49. The van der Waals surface area contributed by atoms with Crippen LogP contribution in [0.2, 0.25) is 0 Å². The average Bonchev–Trinajstić information content (AvgIpc) is 2.52. The van der Waals surface area contributed by atoms with Crippen LogP contribution in [0.1, 0.15) is 33.6 Å². The van der Waals surface area contributed by atoms with Crippen molar-refractivity contribution in [3.05, 3.63) is 0 Å². The summed E-state index contributed by atoms with van der Waals surface area (Å²) in [5, 5.41) is 0. The number of nitrogens with one attached hydrogen (secondary N) is 1. The molecule has 7 heteroatoms. The molecule has 0 bridgehead atoms. The molecular formula is C12H21N3O4. The molecule has 0 unspecified atom stereocenters. The van der Waals surface area contributed by atoms with Crippen molar-refractivity contribution in [2.45, 2.75) is 39.2 Å². The molecule has 4 amide bonds. The van der Waals surface area contributed by atoms with E-state index in [2.05, 4.69) is 5.48 Å². The van der Waals surface area contributed by atoms with Gasteiger partial charge in [-0.2, -0.15) is 0 Å². The van der Waals surface area contributed by atoms with Crippen LogP contribution < -0.4 is 5.48 Å². The fourth-order valence-corrected chi connectivity index (χ4v) is 1.55. The first-order valence-electron chi connectivity index (χ1n) is 6.23. The summed E-state index contributed by atoms with van der Waals surface area (Å²) in [5.74, 6) is -0.485. The Balaban J connectivity index is 2.25. The number of likely N-dealkylation sites (N-methyl/N-ethyl adjacent to an activating group) is 1. The zero-order chi connectivity index (χ0) is 14.6. The highest BCUT2D eigenvalue weighted by Gasteiger charge is 2.32. The van der Waals surface area contributed by atoms with E-state index < -0.39 is 5.60 Å². The number of hydrogen-bond donors (Lipinski definition) is 1. The van der Waals surface area contributed by atoms with E-state index in [0.717, 1.165) is 4.90 Å². The summed E-state index contributed by atoms with van der Waals surface area (Å²) in [6, 6.07) is -0.309. The Morgan fingerprint density at radius 3 is 2.47 bits per heavy atom. The average molecular weight is 271 g/mol. The molecule has 0 saturated carbocycles. The van der Waals surface area contributed by atoms with Crippen LogP contribution in [0.15, 0.2) is 0 Å². The van der Waals surface area contributed by atoms with E-state index in [-0.39, 0.29) is 37.4 Å². The van der Waals surface area contributed by atoms with Crippen LogP contribution in [0.25, 0.3) is 0 Å². The molecule has 0 aliphatic carbocycles. The predicted octanol–water partition coefficient (Wildman–Crippen LogP) is 0.507. The molecule has 0 atom stereocenters. The van der Waals surface area contributed by atoms with Crippen molar-refractivity contribution >= 4 is 17.8 Å². The zero-order valence-corrected chi connectivity index (χ0v) is 11.9. The molecule has 0 aromatic heterocycles. The first-order chi connectivity index (χ1) is 8.70. The molecule has 1 aliphatic heterocycles. The van der Waals surface area contributed by atoms with Crippen LogP contribution in [0.4, 0.5) is 4.79 Å². The number of carbonyl (C=O) groups is 3. The molecule has 1 fully saturated rings. The number of carbonyl (C=O) groups excluding carboxylic acids is 3. The van der Waals surface area contributed by atoms with E-state index in [1.807, 2.05) is 20.8 Å². The summed E-state index contributed by atoms with van der Waals surface area (Å²) in [6.07, 6.45) is 0.626. The van der Waals surface area contributed by atoms with Gasteiger partial charge in [0.25, 0.3) is 0 Å². The summed E-state index contributed by atoms with van der Waals surface area (Å²) in [5.41, 5.74) is 1.90. The maximum absolute atomic E-state index is 11.6. The van der Waals surface area contributed by atoms with Crippen molar-refractivity contribution in [3.8, 4) is 0 Å². The lowest BCUT2D eigenvalue weighted by Crippen LogP contribution is -2.35. The minimum atomic E-state index is -0.445. The third-order valence-corrected chi connectivity index (χ3v) is 2.49. The molecule has 0 radical (unpaired) electrons. The standard InChI is InChI=1S/C12H21N3O4/c1-12(2,3)19-13-9(16)6-5-7-15-10(17)8-14(4)11(15)18/h5-8H2,1-4H3,(H,13,16). The number of hydrogen-bond acceptors (Lipinski definition) is 4. The highest BCUT2D eigenvalue weighted by Crippen LogP contribution is 2.09. The van der Waals surface area contributed by atoms with Gasteiger partial charge in [0.1, 0.15) is 6.54 Å². The highest BCUT2D eigenvalue weighted by atomic mass is 16.7. The normalized spacial score (nSPS) is 16.2. The molecule has 0 aromatic carbocycles. The number of nitrogens with zero attached hydrogens (tertiary/aromatic N) is 2. The third kappa shape index (κ3) is 4.86. The van der Waals surface area contributed by atoms with E-state index in [1.165, 1.54) is 4.90 Å². The predicted molar refractivity (Wildman–Crippen MR) is 68.0 cm³/mol. The fourth-order valence-electron chi connectivity index (χ4n) is 1.55. The van der Waals surface area contributed by atoms with Crippen molar-refractivity contribution in [2.75, 3.05) is 20.1 Å². The molecule has 1 heterocycles. The lowest BCUT2D eigenvalue weighted by molar-refractivity contribution is -0.145. The molecule has 0 spiro atoms. The van der Waals surface area contributed by atoms with E-state index in [1.54, 1.807) is 7.05 Å². The number of imide groups is 1. The minimum Gasteiger partial charge on any atom is -0.318 e. The van der Waals surface area contributed by atoms with Gasteiger partial charge in [-0.1, -0.05) is 0 Å². The van der Waals surface area contributed by atoms with Gasteiger partial charge in [-0.25, -0.2) is 10.3 Å². The van der Waals surface area contributed by atoms with Crippen molar-refractivity contribution in [1.82, 2.24) is 15.3 Å². The fraction of sp³-hybridized carbons (Fsp3) is 0.750. The summed E-state index contributed by atoms with van der Waals surface area (Å²) in [6.45, 7) is 5.84. The Bertz CT molecular complexity index is 376. The Labute approximate surface area is 112 Å². The van der Waals surface area contributed by atoms with Gasteiger partial charge in [-0.3, -0.25) is 19.3 Å². The first-order valence-corrected chi connectivity index (χ1v) is 6.23. The van der Waals surface area contributed by atoms with Gasteiger partial charge in [0.15, 0.2) is 0 Å². The quantitative estimate of drug-likeness (QED) is 0.583. The van der Waals surface area contributed by atoms with Gasteiger partial charge < -0.3 is 4.90 Å². The van der Waals surface area contributed by atoms with Crippen LogP contribution >= 0.6 is 0 Å². The van der Waals surface area contributed by atoms with E-state index in [4.69, 9.17) is 4.84 Å². The minimum absolute atomic E-state index is 0.109. The van der Waals surface area contributed by atoms with Crippen LogP contribution in [0, 0.1) is 0 Å². The number of urea groups is 1. The number of rotatable bonds is 5. The SMILES string of the molecule is CN1CC(=O)N(CCCC(=O)NOC(C)(C)C)C1=O. The van der Waals surface area contributed by atoms with Gasteiger partial charge in [0, 0.05) is 20.0 Å². The molecule has 0 aromatic rings. The van der Waals surface area contributed by atoms with Gasteiger partial charge in [0.05, 0.1) is 5.60 Å². The molecule has 19 heavy (non-hydrogen) atoms. The van der Waals surface area contributed by atoms with E-state index in [9.17, 15) is 14.4 Å². The number of amides is 4. The molecule has 108 valence electrons. The Morgan fingerprint density at radius 2 is 2.00 bits per heavy atom. The first kappa shape index (κ1) is 15.4. The van der Waals surface area contributed by atoms with Gasteiger partial charge in [-0.05, 0) is 27.2 Å². The molecular weight excluding hydrogens is 250 g/mol. The Morgan fingerprint density at radius 1 is 1.37 bits per heavy atom. The summed E-state index contributed by atoms with van der Waals surface area (Å²) in [4.78, 5) is 42.1. The van der Waals surface area contributed by atoms with Crippen LogP contribution in [-0.2, 0) is 14.4 Å². The van der Waals surface area contributed by atoms with Gasteiger partial charge in [-0.15, -0.1) is 0 Å². The van der Waals surface area contributed by atoms with Crippen LogP contribution in [0.3, 0.4) is 0 Å². The van der Waals surface area contributed by atoms with Crippen molar-refractivity contribution < 1.29 is 19.2 Å². The largest absolute Gasteiger partial charge is 0.326 e. The van der Waals surface area contributed by atoms with Crippen LogP contribution in [0.5, 0.6) is 0 Å². The van der Waals surface area contributed by atoms with Crippen molar-refractivity contribution in [1.29, 1.82) is 0 Å².